The highest BCUT2D eigenvalue weighted by molar-refractivity contribution is 5.09. The lowest BCUT2D eigenvalue weighted by Gasteiger charge is -2.40. The lowest BCUT2D eigenvalue weighted by molar-refractivity contribution is 0.0831. The summed E-state index contributed by atoms with van der Waals surface area (Å²) >= 11 is 0. The second-order valence-corrected chi connectivity index (χ2v) is 2.43. The summed E-state index contributed by atoms with van der Waals surface area (Å²) in [5, 5.41) is 0. The molecule has 0 bridgehead atoms. The third-order valence-corrected chi connectivity index (χ3v) is 1.74. The topological polar surface area (TPSA) is 29.3 Å². The Morgan fingerprint density at radius 1 is 1.67 bits per heavy atom. The number of likely N-dealkylation sites (tertiary alicyclic amines) is 1. The van der Waals surface area contributed by atoms with Gasteiger partial charge in [-0.05, 0) is 14.0 Å². The summed E-state index contributed by atoms with van der Waals surface area (Å²) in [7, 11) is 2.01. The Kier molecular flexibility index (Phi) is 1.75. The van der Waals surface area contributed by atoms with Gasteiger partial charge in [-0.25, -0.2) is 0 Å². The zero-order valence-electron chi connectivity index (χ0n) is 5.89. The number of nitrogens with two attached hydrogens (primary N) is 1. The van der Waals surface area contributed by atoms with E-state index in [0.717, 1.165) is 6.54 Å². The van der Waals surface area contributed by atoms with Gasteiger partial charge in [0.2, 0.25) is 0 Å². The van der Waals surface area contributed by atoms with Crippen molar-refractivity contribution in [1.29, 1.82) is 0 Å². The van der Waals surface area contributed by atoms with Crippen LogP contribution in [0.15, 0.2) is 0 Å². The molecule has 1 saturated heterocycles. The highest BCUT2D eigenvalue weighted by atomic mass is 15.3. The maximum Gasteiger partial charge on any atom is 0.0723 e. The van der Waals surface area contributed by atoms with Gasteiger partial charge in [-0.2, -0.15) is 0 Å². The van der Waals surface area contributed by atoms with Gasteiger partial charge in [0, 0.05) is 6.54 Å². The second-order valence-electron chi connectivity index (χ2n) is 2.43. The van der Waals surface area contributed by atoms with E-state index < -0.39 is 0 Å². The lowest BCUT2D eigenvalue weighted by Crippen LogP contribution is -2.58. The number of rotatable bonds is 0. The first-order chi connectivity index (χ1) is 4.25. The Morgan fingerprint density at radius 3 is 2.67 bits per heavy atom. The molecule has 2 nitrogen and oxygen atoms in total. The molecule has 0 aromatic heterocycles. The van der Waals surface area contributed by atoms with Crippen LogP contribution in [0.25, 0.3) is 0 Å². The van der Waals surface area contributed by atoms with Gasteiger partial charge in [-0.15, -0.1) is 5.92 Å². The summed E-state index contributed by atoms with van der Waals surface area (Å²) in [6.45, 7) is 2.88. The minimum Gasteiger partial charge on any atom is -0.315 e. The van der Waals surface area contributed by atoms with Gasteiger partial charge < -0.3 is 5.73 Å². The van der Waals surface area contributed by atoms with Crippen molar-refractivity contribution in [2.45, 2.75) is 13.1 Å². The van der Waals surface area contributed by atoms with Crippen LogP contribution in [0, 0.1) is 17.8 Å². The van der Waals surface area contributed by atoms with Crippen molar-refractivity contribution in [3.63, 3.8) is 0 Å². The summed E-state index contributed by atoms with van der Waals surface area (Å²) in [6, 6.07) is 0. The van der Waals surface area contributed by atoms with Crippen molar-refractivity contribution in [3.05, 3.63) is 0 Å². The fourth-order valence-electron chi connectivity index (χ4n) is 1.03. The average molecular weight is 124 g/mol. The van der Waals surface area contributed by atoms with Crippen LogP contribution in [0.4, 0.5) is 0 Å². The van der Waals surface area contributed by atoms with Gasteiger partial charge in [0.15, 0.2) is 0 Å². The van der Waals surface area contributed by atoms with Gasteiger partial charge >= 0.3 is 0 Å². The van der Waals surface area contributed by atoms with Crippen LogP contribution >= 0.6 is 0 Å². The molecule has 9 heavy (non-hydrogen) atoms. The van der Waals surface area contributed by atoms with E-state index in [1.165, 1.54) is 0 Å². The molecule has 2 unspecified atom stereocenters. The third-order valence-electron chi connectivity index (χ3n) is 1.74. The average Bonchev–Trinajstić information content (AvgIpc) is 1.88. The van der Waals surface area contributed by atoms with Crippen molar-refractivity contribution in [2.75, 3.05) is 13.6 Å². The van der Waals surface area contributed by atoms with Crippen LogP contribution in [0.2, 0.25) is 0 Å². The number of nitrogens with zero attached hydrogens (tertiary/aromatic N) is 1. The molecule has 2 heteroatoms. The first-order valence-corrected chi connectivity index (χ1v) is 3.14. The standard InChI is InChI=1S/C7H12N2/c1-3-4-6-5-9(2)7(6)8/h6-7H,5,8H2,1-2H3. The first kappa shape index (κ1) is 6.60. The molecule has 50 valence electrons. The van der Waals surface area contributed by atoms with Crippen LogP contribution in [0.1, 0.15) is 6.92 Å². The maximum absolute atomic E-state index is 5.68. The SMILES string of the molecule is CC#CC1CN(C)C1N. The normalized spacial score (nSPS) is 34.6. The van der Waals surface area contributed by atoms with Crippen LogP contribution in [0.3, 0.4) is 0 Å². The largest absolute Gasteiger partial charge is 0.315 e. The highest BCUT2D eigenvalue weighted by Gasteiger charge is 2.30. The van der Waals surface area contributed by atoms with Gasteiger partial charge in [0.05, 0.1) is 12.1 Å². The van der Waals surface area contributed by atoms with E-state index in [9.17, 15) is 0 Å². The van der Waals surface area contributed by atoms with Crippen molar-refractivity contribution in [2.24, 2.45) is 11.7 Å². The summed E-state index contributed by atoms with van der Waals surface area (Å²) in [6.07, 6.45) is 0.178. The molecular weight excluding hydrogens is 112 g/mol. The zero-order valence-corrected chi connectivity index (χ0v) is 5.89. The predicted octanol–water partition coefficient (Wildman–Crippen LogP) is -0.144. The minimum absolute atomic E-state index is 0.178. The van der Waals surface area contributed by atoms with Crippen molar-refractivity contribution >= 4 is 0 Å². The van der Waals surface area contributed by atoms with Crippen molar-refractivity contribution in [3.8, 4) is 11.8 Å². The molecular formula is C7H12N2. The molecule has 1 rings (SSSR count). The highest BCUT2D eigenvalue weighted by Crippen LogP contribution is 2.16. The molecule has 2 N–H and O–H groups in total. The van der Waals surface area contributed by atoms with E-state index in [2.05, 4.69) is 16.7 Å². The van der Waals surface area contributed by atoms with E-state index >= 15 is 0 Å². The second kappa shape index (κ2) is 2.38. The molecule has 0 spiro atoms. The molecule has 1 fully saturated rings. The van der Waals surface area contributed by atoms with Crippen molar-refractivity contribution in [1.82, 2.24) is 4.90 Å². The molecule has 0 amide bonds. The van der Waals surface area contributed by atoms with E-state index in [1.54, 1.807) is 0 Å². The van der Waals surface area contributed by atoms with E-state index in [-0.39, 0.29) is 6.17 Å². The Labute approximate surface area is 56.0 Å². The minimum atomic E-state index is 0.178. The maximum atomic E-state index is 5.68. The van der Waals surface area contributed by atoms with Crippen LogP contribution < -0.4 is 5.73 Å². The van der Waals surface area contributed by atoms with Crippen LogP contribution in [-0.4, -0.2) is 24.7 Å². The summed E-state index contributed by atoms with van der Waals surface area (Å²) in [5.74, 6) is 6.33. The van der Waals surface area contributed by atoms with Gasteiger partial charge in [-0.3, -0.25) is 4.90 Å². The fraction of sp³-hybridized carbons (Fsp3) is 0.714. The van der Waals surface area contributed by atoms with Gasteiger partial charge in [0.1, 0.15) is 0 Å². The molecule has 0 aromatic carbocycles. The Morgan fingerprint density at radius 2 is 2.33 bits per heavy atom. The molecule has 0 saturated carbocycles. The van der Waals surface area contributed by atoms with Gasteiger partial charge in [-0.1, -0.05) is 5.92 Å². The predicted molar refractivity (Wildman–Crippen MR) is 37.5 cm³/mol. The molecule has 0 aromatic rings. The van der Waals surface area contributed by atoms with E-state index in [1.807, 2.05) is 14.0 Å². The number of hydrogen-bond donors (Lipinski definition) is 1. The quantitative estimate of drug-likeness (QED) is 0.455. The van der Waals surface area contributed by atoms with Crippen molar-refractivity contribution < 1.29 is 0 Å². The Balaban J connectivity index is 2.39. The van der Waals surface area contributed by atoms with Gasteiger partial charge in [0.25, 0.3) is 0 Å². The van der Waals surface area contributed by atoms with E-state index in [0.29, 0.717) is 5.92 Å². The molecule has 1 aliphatic rings. The summed E-state index contributed by atoms with van der Waals surface area (Å²) < 4.78 is 0. The summed E-state index contributed by atoms with van der Waals surface area (Å²) in [4.78, 5) is 2.09. The smallest absolute Gasteiger partial charge is 0.0723 e. The monoisotopic (exact) mass is 124 g/mol. The van der Waals surface area contributed by atoms with Crippen LogP contribution in [0.5, 0.6) is 0 Å². The zero-order chi connectivity index (χ0) is 6.85. The van der Waals surface area contributed by atoms with Crippen LogP contribution in [-0.2, 0) is 0 Å². The van der Waals surface area contributed by atoms with E-state index in [4.69, 9.17) is 5.73 Å². The first-order valence-electron chi connectivity index (χ1n) is 3.14. The Bertz CT molecular complexity index is 154. The fourth-order valence-corrected chi connectivity index (χ4v) is 1.03. The third kappa shape index (κ3) is 1.07. The molecule has 1 heterocycles. The molecule has 0 aliphatic carbocycles. The molecule has 1 aliphatic heterocycles. The molecule has 0 radical (unpaired) electrons. The summed E-state index contributed by atoms with van der Waals surface area (Å²) in [5.41, 5.74) is 5.68. The Hall–Kier alpha value is -0.520. The molecule has 2 atom stereocenters. The number of hydrogen-bond acceptors (Lipinski definition) is 2. The lowest BCUT2D eigenvalue weighted by atomic mass is 9.97.